The Morgan fingerprint density at radius 1 is 1.28 bits per heavy atom. The Kier molecular flexibility index (Phi) is 2.30. The van der Waals surface area contributed by atoms with Gasteiger partial charge in [-0.2, -0.15) is 0 Å². The topological polar surface area (TPSA) is 70.6 Å². The molecule has 2 heterocycles. The zero-order valence-corrected chi connectivity index (χ0v) is 9.31. The second-order valence-electron chi connectivity index (χ2n) is 3.87. The summed E-state index contributed by atoms with van der Waals surface area (Å²) >= 11 is 0. The summed E-state index contributed by atoms with van der Waals surface area (Å²) in [5.74, 6) is -1.22. The number of carboxylic acids is 1. The number of hydrogen-bond acceptors (Lipinski definition) is 4. The first kappa shape index (κ1) is 10.5. The van der Waals surface area contributed by atoms with Gasteiger partial charge in [0.15, 0.2) is 0 Å². The smallest absolute Gasteiger partial charge is 0.374 e. The fraction of sp³-hybridized carbons (Fsp3) is 0. The summed E-state index contributed by atoms with van der Waals surface area (Å²) in [6.07, 6.45) is 5.22. The van der Waals surface area contributed by atoms with Crippen molar-refractivity contribution in [3.8, 4) is 0 Å². The third kappa shape index (κ3) is 1.62. The predicted octanol–water partition coefficient (Wildman–Crippen LogP) is 1.43. The molecule has 5 heteroatoms. The van der Waals surface area contributed by atoms with Crippen LogP contribution in [0, 0.1) is 0 Å². The summed E-state index contributed by atoms with van der Waals surface area (Å²) < 4.78 is 0. The van der Waals surface area contributed by atoms with E-state index in [1.54, 1.807) is 6.20 Å². The fourth-order valence-corrected chi connectivity index (χ4v) is 1.91. The van der Waals surface area contributed by atoms with Crippen molar-refractivity contribution < 1.29 is 14.7 Å². The second-order valence-corrected chi connectivity index (χ2v) is 3.87. The van der Waals surface area contributed by atoms with Gasteiger partial charge in [0.1, 0.15) is 0 Å². The molecule has 5 nitrogen and oxygen atoms in total. The Labute approximate surface area is 103 Å². The third-order valence-corrected chi connectivity index (χ3v) is 2.75. The van der Waals surface area contributed by atoms with E-state index in [1.807, 2.05) is 30.3 Å². The Hall–Kier alpha value is -2.69. The molecule has 0 aromatic heterocycles. The normalized spacial score (nSPS) is 20.3. The lowest BCUT2D eigenvalue weighted by atomic mass is 10.0. The van der Waals surface area contributed by atoms with Crippen LogP contribution < -0.4 is 10.8 Å². The van der Waals surface area contributed by atoms with E-state index in [1.165, 1.54) is 6.08 Å². The van der Waals surface area contributed by atoms with E-state index in [0.29, 0.717) is 5.70 Å². The minimum atomic E-state index is -1.10. The van der Waals surface area contributed by atoms with Crippen LogP contribution in [-0.4, -0.2) is 11.1 Å². The molecular formula is C13H10N2O3. The van der Waals surface area contributed by atoms with Gasteiger partial charge in [-0.1, -0.05) is 24.3 Å². The maximum atomic E-state index is 10.8. The van der Waals surface area contributed by atoms with Crippen molar-refractivity contribution >= 4 is 17.7 Å². The van der Waals surface area contributed by atoms with Crippen molar-refractivity contribution in [3.63, 3.8) is 0 Å². The largest absolute Gasteiger partial charge is 0.475 e. The van der Waals surface area contributed by atoms with E-state index in [4.69, 9.17) is 9.94 Å². The molecule has 90 valence electrons. The highest BCUT2D eigenvalue weighted by Gasteiger charge is 2.22. The van der Waals surface area contributed by atoms with E-state index in [9.17, 15) is 4.79 Å². The average Bonchev–Trinajstić information content (AvgIpc) is 2.87. The number of hydroxylamine groups is 1. The van der Waals surface area contributed by atoms with E-state index in [0.717, 1.165) is 16.8 Å². The monoisotopic (exact) mass is 242 g/mol. The minimum absolute atomic E-state index is 0.119. The molecule has 0 bridgehead atoms. The van der Waals surface area contributed by atoms with Gasteiger partial charge in [0, 0.05) is 17.8 Å². The van der Waals surface area contributed by atoms with Crippen molar-refractivity contribution in [1.82, 2.24) is 10.8 Å². The van der Waals surface area contributed by atoms with Crippen molar-refractivity contribution in [2.45, 2.75) is 0 Å². The lowest BCUT2D eigenvalue weighted by Gasteiger charge is -2.17. The number of carboxylic acid groups (broad SMARTS) is 1. The van der Waals surface area contributed by atoms with Crippen LogP contribution >= 0.6 is 0 Å². The van der Waals surface area contributed by atoms with Crippen LogP contribution in [0.3, 0.4) is 0 Å². The minimum Gasteiger partial charge on any atom is -0.475 e. The summed E-state index contributed by atoms with van der Waals surface area (Å²) in [5, 5.41) is 11.9. The first-order valence-corrected chi connectivity index (χ1v) is 5.40. The zero-order chi connectivity index (χ0) is 12.5. The standard InChI is InChI=1S/C13H10N2O3/c16-13(17)11-7-10(15-18-11)12-9-4-2-1-3-8(9)5-6-14-12/h1-7,14-15H,(H,16,17). The Bertz CT molecular complexity index is 614. The second kappa shape index (κ2) is 3.96. The number of benzene rings is 1. The maximum Gasteiger partial charge on any atom is 0.374 e. The fourth-order valence-electron chi connectivity index (χ4n) is 1.91. The lowest BCUT2D eigenvalue weighted by Crippen LogP contribution is -2.16. The first-order chi connectivity index (χ1) is 8.75. The molecular weight excluding hydrogens is 232 g/mol. The van der Waals surface area contributed by atoms with Gasteiger partial charge in [0.25, 0.3) is 0 Å². The number of carbonyl (C=O) groups is 1. The van der Waals surface area contributed by atoms with Gasteiger partial charge in [0.2, 0.25) is 5.76 Å². The molecule has 18 heavy (non-hydrogen) atoms. The number of allylic oxidation sites excluding steroid dienone is 1. The molecule has 0 atom stereocenters. The Balaban J connectivity index is 2.09. The molecule has 2 aliphatic heterocycles. The number of fused-ring (bicyclic) bond motifs is 1. The number of hydrogen-bond donors (Lipinski definition) is 3. The van der Waals surface area contributed by atoms with Crippen LogP contribution in [0.25, 0.3) is 11.8 Å². The summed E-state index contributed by atoms with van der Waals surface area (Å²) in [4.78, 5) is 15.7. The molecule has 0 unspecified atom stereocenters. The number of nitrogens with one attached hydrogen (secondary N) is 2. The van der Waals surface area contributed by atoms with Crippen LogP contribution in [0.5, 0.6) is 0 Å². The average molecular weight is 242 g/mol. The molecule has 0 saturated carbocycles. The van der Waals surface area contributed by atoms with Gasteiger partial charge < -0.3 is 15.3 Å². The van der Waals surface area contributed by atoms with E-state index < -0.39 is 5.97 Å². The molecule has 0 saturated heterocycles. The summed E-state index contributed by atoms with van der Waals surface area (Å²) in [5.41, 5.74) is 6.07. The van der Waals surface area contributed by atoms with Crippen LogP contribution in [0.2, 0.25) is 0 Å². The van der Waals surface area contributed by atoms with E-state index in [2.05, 4.69) is 10.8 Å². The first-order valence-electron chi connectivity index (χ1n) is 5.40. The molecule has 0 fully saturated rings. The number of aliphatic carboxylic acids is 1. The van der Waals surface area contributed by atoms with Gasteiger partial charge in [-0.25, -0.2) is 10.3 Å². The summed E-state index contributed by atoms with van der Waals surface area (Å²) in [7, 11) is 0. The van der Waals surface area contributed by atoms with E-state index >= 15 is 0 Å². The third-order valence-electron chi connectivity index (χ3n) is 2.75. The SMILES string of the molecule is O=C(O)C1=CC(=C2NC=Cc3ccccc32)NO1. The molecule has 0 aliphatic carbocycles. The van der Waals surface area contributed by atoms with Crippen molar-refractivity contribution in [2.24, 2.45) is 0 Å². The van der Waals surface area contributed by atoms with Gasteiger partial charge in [-0.3, -0.25) is 0 Å². The van der Waals surface area contributed by atoms with Crippen molar-refractivity contribution in [2.75, 3.05) is 0 Å². The molecule has 1 aromatic carbocycles. The maximum absolute atomic E-state index is 10.8. The van der Waals surface area contributed by atoms with Crippen molar-refractivity contribution in [1.29, 1.82) is 0 Å². The van der Waals surface area contributed by atoms with Crippen LogP contribution in [-0.2, 0) is 9.63 Å². The predicted molar refractivity (Wildman–Crippen MR) is 65.5 cm³/mol. The van der Waals surface area contributed by atoms with Gasteiger partial charge in [0.05, 0.1) is 11.4 Å². The molecule has 0 amide bonds. The van der Waals surface area contributed by atoms with Crippen LogP contribution in [0.4, 0.5) is 0 Å². The van der Waals surface area contributed by atoms with Crippen LogP contribution in [0.15, 0.2) is 48.0 Å². The quantitative estimate of drug-likeness (QED) is 0.695. The highest BCUT2D eigenvalue weighted by Crippen LogP contribution is 2.26. The molecule has 3 N–H and O–H groups in total. The highest BCUT2D eigenvalue weighted by atomic mass is 16.7. The zero-order valence-electron chi connectivity index (χ0n) is 9.31. The van der Waals surface area contributed by atoms with Gasteiger partial charge in [-0.15, -0.1) is 0 Å². The van der Waals surface area contributed by atoms with E-state index in [-0.39, 0.29) is 5.76 Å². The number of rotatable bonds is 1. The van der Waals surface area contributed by atoms with Crippen molar-refractivity contribution in [3.05, 3.63) is 59.1 Å². The molecule has 0 spiro atoms. The summed E-state index contributed by atoms with van der Waals surface area (Å²) in [6, 6.07) is 7.83. The highest BCUT2D eigenvalue weighted by molar-refractivity contribution is 5.87. The van der Waals surface area contributed by atoms with Gasteiger partial charge in [-0.05, 0) is 11.6 Å². The Morgan fingerprint density at radius 3 is 2.89 bits per heavy atom. The molecule has 3 rings (SSSR count). The molecule has 1 aromatic rings. The molecule has 0 radical (unpaired) electrons. The lowest BCUT2D eigenvalue weighted by molar-refractivity contribution is -0.137. The summed E-state index contributed by atoms with van der Waals surface area (Å²) in [6.45, 7) is 0. The van der Waals surface area contributed by atoms with Gasteiger partial charge >= 0.3 is 5.97 Å². The van der Waals surface area contributed by atoms with Crippen LogP contribution in [0.1, 0.15) is 11.1 Å². The molecule has 2 aliphatic rings. The Morgan fingerprint density at radius 2 is 2.11 bits per heavy atom.